The van der Waals surface area contributed by atoms with Crippen LogP contribution in [0, 0.1) is 5.41 Å². The molecule has 0 unspecified atom stereocenters. The van der Waals surface area contributed by atoms with Gasteiger partial charge in [0.05, 0.1) is 22.0 Å². The quantitative estimate of drug-likeness (QED) is 0.850. The Morgan fingerprint density at radius 1 is 1.12 bits per heavy atom. The molecule has 26 heavy (non-hydrogen) atoms. The Kier molecular flexibility index (Phi) is 4.05. The molecule has 2 fully saturated rings. The number of aliphatic hydroxyl groups is 1. The molecule has 2 aliphatic rings. The molecule has 2 atom stereocenters. The molecule has 0 bridgehead atoms. The lowest BCUT2D eigenvalue weighted by molar-refractivity contribution is 0.0127. The Balaban J connectivity index is 1.73. The number of aliphatic hydroxyl groups excluding tert-OH is 1. The minimum atomic E-state index is -3.66. The van der Waals surface area contributed by atoms with E-state index in [4.69, 9.17) is 0 Å². The number of rotatable bonds is 2. The fourth-order valence-electron chi connectivity index (χ4n) is 4.71. The lowest BCUT2D eigenvalue weighted by Gasteiger charge is -2.41. The molecule has 1 saturated heterocycles. The van der Waals surface area contributed by atoms with Gasteiger partial charge in [0.15, 0.2) is 0 Å². The molecule has 2 aromatic rings. The predicted molar refractivity (Wildman–Crippen MR) is 98.4 cm³/mol. The Labute approximate surface area is 152 Å². The van der Waals surface area contributed by atoms with E-state index in [1.54, 1.807) is 32.3 Å². The summed E-state index contributed by atoms with van der Waals surface area (Å²) >= 11 is 0. The number of nitrogens with zero attached hydrogens (tertiary/aromatic N) is 3. The Hall–Kier alpha value is -1.64. The first-order valence-corrected chi connectivity index (χ1v) is 10.5. The van der Waals surface area contributed by atoms with Crippen LogP contribution in [-0.2, 0) is 24.1 Å². The molecular formula is C18H25N3O4S. The summed E-state index contributed by atoms with van der Waals surface area (Å²) in [5, 5.41) is 10.4. The number of fused-ring (bicyclic) bond motifs is 1. The number of aryl methyl sites for hydroxylation is 2. The molecule has 1 aromatic carbocycles. The summed E-state index contributed by atoms with van der Waals surface area (Å²) in [4.78, 5) is 12.3. The van der Waals surface area contributed by atoms with Gasteiger partial charge in [-0.1, -0.05) is 6.42 Å². The van der Waals surface area contributed by atoms with Crippen molar-refractivity contribution in [2.24, 2.45) is 19.5 Å². The molecular weight excluding hydrogens is 354 g/mol. The van der Waals surface area contributed by atoms with Crippen molar-refractivity contribution >= 4 is 21.1 Å². The van der Waals surface area contributed by atoms with E-state index in [0.29, 0.717) is 24.1 Å². The highest BCUT2D eigenvalue weighted by molar-refractivity contribution is 7.89. The van der Waals surface area contributed by atoms with Crippen LogP contribution in [0.1, 0.15) is 32.1 Å². The highest BCUT2D eigenvalue weighted by Crippen LogP contribution is 2.46. The molecule has 1 aliphatic carbocycles. The van der Waals surface area contributed by atoms with Crippen molar-refractivity contribution in [2.75, 3.05) is 13.1 Å². The lowest BCUT2D eigenvalue weighted by Crippen LogP contribution is -2.49. The highest BCUT2D eigenvalue weighted by atomic mass is 32.2. The normalized spacial score (nSPS) is 27.6. The molecule has 7 nitrogen and oxygen atoms in total. The van der Waals surface area contributed by atoms with Crippen LogP contribution in [0.2, 0.25) is 0 Å². The molecule has 2 heterocycles. The Bertz CT molecular complexity index is 1020. The molecule has 1 saturated carbocycles. The highest BCUT2D eigenvalue weighted by Gasteiger charge is 2.47. The molecule has 4 rings (SSSR count). The number of piperidine rings is 1. The zero-order valence-electron chi connectivity index (χ0n) is 15.2. The second-order valence-corrected chi connectivity index (χ2v) is 9.70. The average molecular weight is 379 g/mol. The van der Waals surface area contributed by atoms with Gasteiger partial charge in [-0.25, -0.2) is 13.2 Å². The van der Waals surface area contributed by atoms with Crippen molar-refractivity contribution in [2.45, 2.75) is 43.1 Å². The number of imidazole rings is 1. The number of sulfonamides is 1. The maximum Gasteiger partial charge on any atom is 0.328 e. The molecule has 1 spiro atoms. The number of hydrogen-bond acceptors (Lipinski definition) is 4. The monoisotopic (exact) mass is 379 g/mol. The van der Waals surface area contributed by atoms with E-state index < -0.39 is 16.1 Å². The van der Waals surface area contributed by atoms with Gasteiger partial charge in [0.1, 0.15) is 0 Å². The predicted octanol–water partition coefficient (Wildman–Crippen LogP) is 1.19. The third-order valence-corrected chi connectivity index (χ3v) is 8.15. The van der Waals surface area contributed by atoms with Gasteiger partial charge in [-0.05, 0) is 43.9 Å². The zero-order chi connectivity index (χ0) is 18.7. The molecule has 0 amide bonds. The van der Waals surface area contributed by atoms with Crippen molar-refractivity contribution in [3.05, 3.63) is 28.7 Å². The molecule has 0 radical (unpaired) electrons. The van der Waals surface area contributed by atoms with Crippen molar-refractivity contribution in [1.29, 1.82) is 0 Å². The minimum Gasteiger partial charge on any atom is -0.392 e. The Morgan fingerprint density at radius 2 is 1.81 bits per heavy atom. The van der Waals surface area contributed by atoms with Gasteiger partial charge < -0.3 is 5.11 Å². The smallest absolute Gasteiger partial charge is 0.328 e. The van der Waals surface area contributed by atoms with E-state index in [2.05, 4.69) is 0 Å². The standard InChI is InChI=1S/C18H25N3O4S/c1-19-14-7-6-13(11-15(14)20(2)17(19)23)26(24,25)21-10-4-9-18(12-21)8-3-5-16(18)22/h6-7,11,16,22H,3-5,8-10,12H2,1-2H3/t16-,18-/m1/s1. The fourth-order valence-corrected chi connectivity index (χ4v) is 6.31. The first-order valence-electron chi connectivity index (χ1n) is 9.10. The van der Waals surface area contributed by atoms with Crippen LogP contribution in [0.3, 0.4) is 0 Å². The van der Waals surface area contributed by atoms with E-state index in [0.717, 1.165) is 32.1 Å². The van der Waals surface area contributed by atoms with Crippen molar-refractivity contribution in [1.82, 2.24) is 13.4 Å². The van der Waals surface area contributed by atoms with Crippen molar-refractivity contribution in [3.63, 3.8) is 0 Å². The van der Waals surface area contributed by atoms with Crippen LogP contribution < -0.4 is 5.69 Å². The van der Waals surface area contributed by atoms with Gasteiger partial charge in [-0.15, -0.1) is 0 Å². The minimum absolute atomic E-state index is 0.180. The van der Waals surface area contributed by atoms with Crippen molar-refractivity contribution < 1.29 is 13.5 Å². The third-order valence-electron chi connectivity index (χ3n) is 6.31. The van der Waals surface area contributed by atoms with E-state index in [9.17, 15) is 18.3 Å². The number of aromatic nitrogens is 2. The average Bonchev–Trinajstić information content (AvgIpc) is 3.08. The second-order valence-electron chi connectivity index (χ2n) is 7.76. The summed E-state index contributed by atoms with van der Waals surface area (Å²) in [5.74, 6) is 0. The van der Waals surface area contributed by atoms with Gasteiger partial charge in [0, 0.05) is 32.6 Å². The maximum atomic E-state index is 13.2. The number of benzene rings is 1. The van der Waals surface area contributed by atoms with Gasteiger partial charge in [0.2, 0.25) is 10.0 Å². The summed E-state index contributed by atoms with van der Waals surface area (Å²) in [7, 11) is -0.343. The summed E-state index contributed by atoms with van der Waals surface area (Å²) < 4.78 is 31.0. The van der Waals surface area contributed by atoms with Crippen LogP contribution in [0.25, 0.3) is 11.0 Å². The van der Waals surface area contributed by atoms with Gasteiger partial charge in [-0.3, -0.25) is 9.13 Å². The van der Waals surface area contributed by atoms with Crippen LogP contribution in [0.5, 0.6) is 0 Å². The maximum absolute atomic E-state index is 13.2. The molecule has 1 aliphatic heterocycles. The van der Waals surface area contributed by atoms with Crippen LogP contribution in [0.15, 0.2) is 27.9 Å². The topological polar surface area (TPSA) is 84.5 Å². The Morgan fingerprint density at radius 3 is 2.50 bits per heavy atom. The second kappa shape index (κ2) is 5.94. The van der Waals surface area contributed by atoms with Gasteiger partial charge in [-0.2, -0.15) is 4.31 Å². The zero-order valence-corrected chi connectivity index (χ0v) is 16.0. The van der Waals surface area contributed by atoms with Crippen LogP contribution >= 0.6 is 0 Å². The van der Waals surface area contributed by atoms with E-state index in [-0.39, 0.29) is 16.0 Å². The first-order chi connectivity index (χ1) is 12.3. The molecule has 1 N–H and O–H groups in total. The number of hydrogen-bond donors (Lipinski definition) is 1. The van der Waals surface area contributed by atoms with Crippen LogP contribution in [0.4, 0.5) is 0 Å². The SMILES string of the molecule is Cn1c(=O)n(C)c2cc(S(=O)(=O)N3CCC[C@]4(CCC[C@H]4O)C3)ccc21. The summed E-state index contributed by atoms with van der Waals surface area (Å²) in [6.07, 6.45) is 3.82. The van der Waals surface area contributed by atoms with Gasteiger partial charge in [0.25, 0.3) is 0 Å². The van der Waals surface area contributed by atoms with Crippen molar-refractivity contribution in [3.8, 4) is 0 Å². The van der Waals surface area contributed by atoms with Crippen LogP contribution in [-0.4, -0.2) is 46.2 Å². The summed E-state index contributed by atoms with van der Waals surface area (Å²) in [6.45, 7) is 0.852. The van der Waals surface area contributed by atoms with E-state index in [1.807, 2.05) is 0 Å². The molecule has 1 aromatic heterocycles. The van der Waals surface area contributed by atoms with E-state index >= 15 is 0 Å². The fraction of sp³-hybridized carbons (Fsp3) is 0.611. The summed E-state index contributed by atoms with van der Waals surface area (Å²) in [6, 6.07) is 4.84. The third kappa shape index (κ3) is 2.46. The first kappa shape index (κ1) is 17.8. The molecule has 142 valence electrons. The summed E-state index contributed by atoms with van der Waals surface area (Å²) in [5.41, 5.74) is 0.833. The lowest BCUT2D eigenvalue weighted by atomic mass is 9.77. The largest absolute Gasteiger partial charge is 0.392 e. The molecule has 8 heteroatoms. The van der Waals surface area contributed by atoms with Gasteiger partial charge >= 0.3 is 5.69 Å². The van der Waals surface area contributed by atoms with E-state index in [1.165, 1.54) is 13.4 Å².